The molecule has 2 aliphatic heterocycles. The van der Waals surface area contributed by atoms with Crippen LogP contribution in [0.2, 0.25) is 0 Å². The lowest BCUT2D eigenvalue weighted by atomic mass is 9.76. The molecule has 3 unspecified atom stereocenters. The summed E-state index contributed by atoms with van der Waals surface area (Å²) in [4.78, 5) is 39.3. The number of nitrogens with zero attached hydrogens (tertiary/aromatic N) is 1. The lowest BCUT2D eigenvalue weighted by Crippen LogP contribution is -2.62. The first kappa shape index (κ1) is 20.5. The minimum absolute atomic E-state index is 0.0433. The van der Waals surface area contributed by atoms with Gasteiger partial charge >= 0.3 is 6.03 Å². The van der Waals surface area contributed by atoms with E-state index in [4.69, 9.17) is 9.47 Å². The standard InChI is InChI=1S/C22H29N3O5/c1-2-3-4-9-25-21(27)16-7-6-15(11-17(16)24-22(25)28)20(26)23-12-14-5-8-18-19(10-14)30-13-29-18/h5,8,10,15-17H,2-4,6-7,9,11-13H2,1H3,(H,23,26)(H,24,28). The molecule has 2 heterocycles. The molecular weight excluding hydrogens is 386 g/mol. The van der Waals surface area contributed by atoms with E-state index in [2.05, 4.69) is 17.6 Å². The largest absolute Gasteiger partial charge is 0.454 e. The number of ether oxygens (including phenoxy) is 2. The smallest absolute Gasteiger partial charge is 0.324 e. The summed E-state index contributed by atoms with van der Waals surface area (Å²) in [5.74, 6) is 0.846. The SMILES string of the molecule is CCCCCN1C(=O)NC2CC(C(=O)NCc3ccc4c(c3)OCO4)CCC2C1=O. The average molecular weight is 415 g/mol. The maximum atomic E-state index is 12.8. The van der Waals surface area contributed by atoms with Crippen molar-refractivity contribution in [2.45, 2.75) is 58.0 Å². The van der Waals surface area contributed by atoms with Crippen LogP contribution in [-0.2, 0) is 16.1 Å². The lowest BCUT2D eigenvalue weighted by molar-refractivity contribution is -0.139. The summed E-state index contributed by atoms with van der Waals surface area (Å²) in [5, 5.41) is 5.95. The van der Waals surface area contributed by atoms with Gasteiger partial charge < -0.3 is 20.1 Å². The third-order valence-electron chi connectivity index (χ3n) is 6.25. The van der Waals surface area contributed by atoms with Crippen molar-refractivity contribution in [1.82, 2.24) is 15.5 Å². The molecule has 1 saturated carbocycles. The molecule has 0 bridgehead atoms. The van der Waals surface area contributed by atoms with Crippen LogP contribution < -0.4 is 20.1 Å². The zero-order chi connectivity index (χ0) is 21.1. The highest BCUT2D eigenvalue weighted by molar-refractivity contribution is 5.99. The van der Waals surface area contributed by atoms with Gasteiger partial charge in [-0.25, -0.2) is 4.79 Å². The molecule has 8 heteroatoms. The first-order valence-electron chi connectivity index (χ1n) is 10.8. The van der Waals surface area contributed by atoms with Gasteiger partial charge in [-0.05, 0) is 43.4 Å². The molecule has 8 nitrogen and oxygen atoms in total. The van der Waals surface area contributed by atoms with Crippen molar-refractivity contribution in [1.29, 1.82) is 0 Å². The van der Waals surface area contributed by atoms with Gasteiger partial charge in [-0.2, -0.15) is 0 Å². The summed E-state index contributed by atoms with van der Waals surface area (Å²) in [6, 6.07) is 5.02. The number of fused-ring (bicyclic) bond motifs is 2. The van der Waals surface area contributed by atoms with E-state index in [1.807, 2.05) is 18.2 Å². The molecule has 4 rings (SSSR count). The Labute approximate surface area is 176 Å². The summed E-state index contributed by atoms with van der Waals surface area (Å²) in [6.45, 7) is 3.18. The van der Waals surface area contributed by atoms with Crippen molar-refractivity contribution in [3.8, 4) is 11.5 Å². The fourth-order valence-electron chi connectivity index (χ4n) is 4.52. The topological polar surface area (TPSA) is 97.0 Å². The molecule has 2 N–H and O–H groups in total. The maximum Gasteiger partial charge on any atom is 0.324 e. The molecular formula is C22H29N3O5. The third-order valence-corrected chi connectivity index (χ3v) is 6.25. The van der Waals surface area contributed by atoms with E-state index in [-0.39, 0.29) is 42.5 Å². The molecule has 1 aromatic carbocycles. The molecule has 1 saturated heterocycles. The van der Waals surface area contributed by atoms with Gasteiger partial charge in [0.2, 0.25) is 18.6 Å². The molecule has 3 atom stereocenters. The first-order chi connectivity index (χ1) is 14.6. The third kappa shape index (κ3) is 4.22. The van der Waals surface area contributed by atoms with Crippen LogP contribution in [0.25, 0.3) is 0 Å². The molecule has 0 spiro atoms. The van der Waals surface area contributed by atoms with Gasteiger partial charge in [0.05, 0.1) is 5.92 Å². The minimum atomic E-state index is -0.321. The van der Waals surface area contributed by atoms with Crippen molar-refractivity contribution < 1.29 is 23.9 Å². The van der Waals surface area contributed by atoms with E-state index >= 15 is 0 Å². The van der Waals surface area contributed by atoms with Crippen LogP contribution in [0.1, 0.15) is 51.0 Å². The van der Waals surface area contributed by atoms with Crippen LogP contribution in [0.15, 0.2) is 18.2 Å². The number of hydrogen-bond acceptors (Lipinski definition) is 5. The average Bonchev–Trinajstić information content (AvgIpc) is 3.22. The van der Waals surface area contributed by atoms with Gasteiger partial charge in [0.15, 0.2) is 11.5 Å². The van der Waals surface area contributed by atoms with Crippen LogP contribution in [0.3, 0.4) is 0 Å². The second-order valence-corrected chi connectivity index (χ2v) is 8.27. The molecule has 162 valence electrons. The first-order valence-corrected chi connectivity index (χ1v) is 10.8. The molecule has 1 aromatic rings. The number of hydrogen-bond donors (Lipinski definition) is 2. The van der Waals surface area contributed by atoms with E-state index in [9.17, 15) is 14.4 Å². The number of unbranched alkanes of at least 4 members (excludes halogenated alkanes) is 2. The second kappa shape index (κ2) is 8.93. The van der Waals surface area contributed by atoms with E-state index in [0.717, 1.165) is 24.8 Å². The van der Waals surface area contributed by atoms with Crippen LogP contribution >= 0.6 is 0 Å². The molecule has 1 aliphatic carbocycles. The zero-order valence-corrected chi connectivity index (χ0v) is 17.3. The fraction of sp³-hybridized carbons (Fsp3) is 0.591. The number of carbonyl (C=O) groups is 3. The Morgan fingerprint density at radius 2 is 2.03 bits per heavy atom. The summed E-state index contributed by atoms with van der Waals surface area (Å²) in [6.07, 6.45) is 4.64. The Bertz CT molecular complexity index is 827. The van der Waals surface area contributed by atoms with E-state index < -0.39 is 0 Å². The predicted octanol–water partition coefficient (Wildman–Crippen LogP) is 2.56. The summed E-state index contributed by atoms with van der Waals surface area (Å²) in [7, 11) is 0. The van der Waals surface area contributed by atoms with Gasteiger partial charge in [0.1, 0.15) is 0 Å². The van der Waals surface area contributed by atoms with Crippen molar-refractivity contribution in [2.75, 3.05) is 13.3 Å². The highest BCUT2D eigenvalue weighted by atomic mass is 16.7. The number of carbonyl (C=O) groups excluding carboxylic acids is 3. The quantitative estimate of drug-likeness (QED) is 0.667. The van der Waals surface area contributed by atoms with Crippen molar-refractivity contribution in [3.05, 3.63) is 23.8 Å². The molecule has 2 fully saturated rings. The molecule has 30 heavy (non-hydrogen) atoms. The highest BCUT2D eigenvalue weighted by Crippen LogP contribution is 2.34. The van der Waals surface area contributed by atoms with Gasteiger partial charge in [0, 0.05) is 25.0 Å². The Morgan fingerprint density at radius 3 is 2.87 bits per heavy atom. The number of amides is 4. The number of imide groups is 1. The van der Waals surface area contributed by atoms with E-state index in [1.54, 1.807) is 0 Å². The number of nitrogens with one attached hydrogen (secondary N) is 2. The van der Waals surface area contributed by atoms with Crippen LogP contribution in [0, 0.1) is 11.8 Å². The van der Waals surface area contributed by atoms with Gasteiger partial charge in [-0.3, -0.25) is 14.5 Å². The van der Waals surface area contributed by atoms with Crippen LogP contribution in [0.5, 0.6) is 11.5 Å². The summed E-state index contributed by atoms with van der Waals surface area (Å²) < 4.78 is 10.7. The van der Waals surface area contributed by atoms with Crippen molar-refractivity contribution in [3.63, 3.8) is 0 Å². The monoisotopic (exact) mass is 415 g/mol. The van der Waals surface area contributed by atoms with Crippen LogP contribution in [0.4, 0.5) is 4.79 Å². The van der Waals surface area contributed by atoms with E-state index in [0.29, 0.717) is 43.9 Å². The Balaban J connectivity index is 1.30. The number of urea groups is 1. The molecule has 0 radical (unpaired) electrons. The summed E-state index contributed by atoms with van der Waals surface area (Å²) in [5.41, 5.74) is 0.935. The van der Waals surface area contributed by atoms with Crippen molar-refractivity contribution >= 4 is 17.8 Å². The molecule has 3 aliphatic rings. The molecule has 0 aromatic heterocycles. The Kier molecular flexibility index (Phi) is 6.11. The molecule has 4 amide bonds. The Hall–Kier alpha value is -2.77. The predicted molar refractivity (Wildman–Crippen MR) is 109 cm³/mol. The van der Waals surface area contributed by atoms with Gasteiger partial charge in [-0.1, -0.05) is 25.8 Å². The highest BCUT2D eigenvalue weighted by Gasteiger charge is 2.45. The van der Waals surface area contributed by atoms with Crippen LogP contribution in [-0.4, -0.2) is 42.1 Å². The van der Waals surface area contributed by atoms with Gasteiger partial charge in [0.25, 0.3) is 0 Å². The summed E-state index contributed by atoms with van der Waals surface area (Å²) >= 11 is 0. The second-order valence-electron chi connectivity index (χ2n) is 8.27. The van der Waals surface area contributed by atoms with E-state index in [1.165, 1.54) is 4.90 Å². The normalized spacial score (nSPS) is 25.0. The van der Waals surface area contributed by atoms with Gasteiger partial charge in [-0.15, -0.1) is 0 Å². The van der Waals surface area contributed by atoms with Crippen molar-refractivity contribution in [2.24, 2.45) is 11.8 Å². The number of rotatable bonds is 7. The lowest BCUT2D eigenvalue weighted by Gasteiger charge is -2.42. The maximum absolute atomic E-state index is 12.8. The zero-order valence-electron chi connectivity index (χ0n) is 17.3. The number of benzene rings is 1. The fourth-order valence-corrected chi connectivity index (χ4v) is 4.52. The Morgan fingerprint density at radius 1 is 1.20 bits per heavy atom. The minimum Gasteiger partial charge on any atom is -0.454 e.